The smallest absolute Gasteiger partial charge is 0.305 e. The Hall–Kier alpha value is -2.16. The number of carbonyl (C=O) groups is 4. The molecule has 4 atom stereocenters. The summed E-state index contributed by atoms with van der Waals surface area (Å²) in [6.07, 6.45) is -3.21. The minimum absolute atomic E-state index is 0.0628. The summed E-state index contributed by atoms with van der Waals surface area (Å²) in [7, 11) is 0. The fourth-order valence-corrected chi connectivity index (χ4v) is 2.28. The van der Waals surface area contributed by atoms with Crippen LogP contribution in [-0.4, -0.2) is 55.1 Å². The minimum Gasteiger partial charge on any atom is -0.463 e. The van der Waals surface area contributed by atoms with Crippen molar-refractivity contribution in [3.05, 3.63) is 0 Å². The van der Waals surface area contributed by atoms with Crippen molar-refractivity contribution in [1.29, 1.82) is 0 Å². The van der Waals surface area contributed by atoms with Crippen LogP contribution >= 0.6 is 0 Å². The average molecular weight is 346 g/mol. The largest absolute Gasteiger partial charge is 0.463 e. The molecule has 0 radical (unpaired) electrons. The molecule has 1 rings (SSSR count). The molecule has 1 unspecified atom stereocenters. The Morgan fingerprint density at radius 1 is 0.833 bits per heavy atom. The summed E-state index contributed by atoms with van der Waals surface area (Å²) in [5.74, 6) is -2.36. The highest BCUT2D eigenvalue weighted by Gasteiger charge is 2.42. The van der Waals surface area contributed by atoms with E-state index in [-0.39, 0.29) is 13.0 Å². The first-order valence-electron chi connectivity index (χ1n) is 7.49. The SMILES string of the molecule is CC(=O)OC[C@@H]1CC[C@@H](OC(C)=O)[C@@H](OC(C)=O)C(OC(C)=O)O1. The summed E-state index contributed by atoms with van der Waals surface area (Å²) < 4.78 is 25.9. The molecular weight excluding hydrogens is 324 g/mol. The molecule has 1 saturated heterocycles. The minimum atomic E-state index is -1.28. The standard InChI is InChI=1S/C15H22O9/c1-8(16)20-7-12-5-6-13(21-9(2)17)14(22-10(3)18)15(24-12)23-11(4)19/h12-15H,5-7H2,1-4H3/t12-,13+,14+,15?/m0/s1. The fraction of sp³-hybridized carbons (Fsp3) is 0.733. The lowest BCUT2D eigenvalue weighted by atomic mass is 10.1. The number of rotatable bonds is 5. The van der Waals surface area contributed by atoms with Crippen LogP contribution in [0.5, 0.6) is 0 Å². The molecular formula is C15H22O9. The van der Waals surface area contributed by atoms with E-state index in [1.165, 1.54) is 27.7 Å². The summed E-state index contributed by atoms with van der Waals surface area (Å²) in [6.45, 7) is 4.75. The Bertz CT molecular complexity index is 487. The first-order chi connectivity index (χ1) is 11.2. The van der Waals surface area contributed by atoms with Gasteiger partial charge in [-0.1, -0.05) is 0 Å². The molecule has 0 N–H and O–H groups in total. The van der Waals surface area contributed by atoms with Crippen molar-refractivity contribution in [3.63, 3.8) is 0 Å². The number of hydrogen-bond acceptors (Lipinski definition) is 9. The highest BCUT2D eigenvalue weighted by molar-refractivity contribution is 5.68. The van der Waals surface area contributed by atoms with Gasteiger partial charge in [0.25, 0.3) is 0 Å². The number of ether oxygens (including phenoxy) is 5. The lowest BCUT2D eigenvalue weighted by Gasteiger charge is -2.29. The first-order valence-corrected chi connectivity index (χ1v) is 7.49. The molecule has 0 amide bonds. The predicted molar refractivity (Wildman–Crippen MR) is 77.4 cm³/mol. The van der Waals surface area contributed by atoms with Crippen LogP contribution < -0.4 is 0 Å². The van der Waals surface area contributed by atoms with Gasteiger partial charge in [-0.25, -0.2) is 0 Å². The van der Waals surface area contributed by atoms with Crippen molar-refractivity contribution < 1.29 is 42.9 Å². The summed E-state index contributed by atoms with van der Waals surface area (Å²) >= 11 is 0. The van der Waals surface area contributed by atoms with Crippen molar-refractivity contribution in [2.24, 2.45) is 0 Å². The highest BCUT2D eigenvalue weighted by Crippen LogP contribution is 2.26. The van der Waals surface area contributed by atoms with Crippen molar-refractivity contribution in [3.8, 4) is 0 Å². The molecule has 1 fully saturated rings. The molecule has 9 heteroatoms. The third-order valence-corrected chi connectivity index (χ3v) is 3.11. The van der Waals surface area contributed by atoms with Gasteiger partial charge in [-0.3, -0.25) is 19.2 Å². The van der Waals surface area contributed by atoms with Gasteiger partial charge >= 0.3 is 23.9 Å². The van der Waals surface area contributed by atoms with Crippen molar-refractivity contribution >= 4 is 23.9 Å². The van der Waals surface area contributed by atoms with Crippen LogP contribution in [0.25, 0.3) is 0 Å². The maximum Gasteiger partial charge on any atom is 0.305 e. The number of carbonyl (C=O) groups excluding carboxylic acids is 4. The van der Waals surface area contributed by atoms with Crippen LogP contribution in [0.15, 0.2) is 0 Å². The second kappa shape index (κ2) is 9.21. The fourth-order valence-electron chi connectivity index (χ4n) is 2.28. The molecule has 1 heterocycles. The van der Waals surface area contributed by atoms with Gasteiger partial charge in [0.05, 0.1) is 6.10 Å². The molecule has 0 bridgehead atoms. The lowest BCUT2D eigenvalue weighted by Crippen LogP contribution is -2.45. The Morgan fingerprint density at radius 2 is 1.42 bits per heavy atom. The maximum absolute atomic E-state index is 11.4. The third-order valence-electron chi connectivity index (χ3n) is 3.11. The van der Waals surface area contributed by atoms with Crippen LogP contribution in [0, 0.1) is 0 Å². The van der Waals surface area contributed by atoms with Crippen molar-refractivity contribution in [2.75, 3.05) is 6.61 Å². The van der Waals surface area contributed by atoms with E-state index < -0.39 is 48.5 Å². The van der Waals surface area contributed by atoms with Gasteiger partial charge in [0.1, 0.15) is 12.7 Å². The van der Waals surface area contributed by atoms with Gasteiger partial charge in [0, 0.05) is 27.7 Å². The third kappa shape index (κ3) is 6.95. The second-order valence-electron chi connectivity index (χ2n) is 5.34. The molecule has 24 heavy (non-hydrogen) atoms. The van der Waals surface area contributed by atoms with E-state index in [4.69, 9.17) is 23.7 Å². The summed E-state index contributed by atoms with van der Waals surface area (Å²) in [5, 5.41) is 0. The summed E-state index contributed by atoms with van der Waals surface area (Å²) in [4.78, 5) is 44.9. The number of esters is 4. The molecule has 0 spiro atoms. The van der Waals surface area contributed by atoms with Gasteiger partial charge < -0.3 is 23.7 Å². The second-order valence-corrected chi connectivity index (χ2v) is 5.34. The van der Waals surface area contributed by atoms with E-state index in [0.29, 0.717) is 6.42 Å². The van der Waals surface area contributed by atoms with Crippen LogP contribution in [0.3, 0.4) is 0 Å². The number of hydrogen-bond donors (Lipinski definition) is 0. The first kappa shape index (κ1) is 19.9. The van der Waals surface area contributed by atoms with Crippen LogP contribution in [0.1, 0.15) is 40.5 Å². The quantitative estimate of drug-likeness (QED) is 0.518. The van der Waals surface area contributed by atoms with Crippen molar-refractivity contribution in [2.45, 2.75) is 65.1 Å². The molecule has 0 aromatic carbocycles. The topological polar surface area (TPSA) is 114 Å². The molecule has 0 aromatic heterocycles. The van der Waals surface area contributed by atoms with Crippen LogP contribution in [0.4, 0.5) is 0 Å². The Morgan fingerprint density at radius 3 is 1.92 bits per heavy atom. The lowest BCUT2D eigenvalue weighted by molar-refractivity contribution is -0.234. The van der Waals surface area contributed by atoms with E-state index in [9.17, 15) is 19.2 Å². The Kier molecular flexibility index (Phi) is 7.63. The summed E-state index contributed by atoms with van der Waals surface area (Å²) in [6, 6.07) is 0. The van der Waals surface area contributed by atoms with E-state index in [0.717, 1.165) is 0 Å². The monoisotopic (exact) mass is 346 g/mol. The molecule has 0 aromatic rings. The zero-order valence-corrected chi connectivity index (χ0v) is 14.1. The zero-order chi connectivity index (χ0) is 18.3. The average Bonchev–Trinajstić information content (AvgIpc) is 2.57. The highest BCUT2D eigenvalue weighted by atomic mass is 16.7. The van der Waals surface area contributed by atoms with Crippen LogP contribution in [0.2, 0.25) is 0 Å². The zero-order valence-electron chi connectivity index (χ0n) is 14.1. The molecule has 0 aliphatic carbocycles. The van der Waals surface area contributed by atoms with Gasteiger partial charge in [-0.15, -0.1) is 0 Å². The predicted octanol–water partition coefficient (Wildman–Crippen LogP) is 0.481. The van der Waals surface area contributed by atoms with E-state index >= 15 is 0 Å². The Balaban J connectivity index is 2.99. The van der Waals surface area contributed by atoms with E-state index in [1.807, 2.05) is 0 Å². The molecule has 1 aliphatic heterocycles. The normalized spacial score (nSPS) is 26.7. The summed E-state index contributed by atoms with van der Waals surface area (Å²) in [5.41, 5.74) is 0. The van der Waals surface area contributed by atoms with E-state index in [2.05, 4.69) is 0 Å². The Labute approximate surface area is 139 Å². The molecule has 1 aliphatic rings. The van der Waals surface area contributed by atoms with Crippen molar-refractivity contribution in [1.82, 2.24) is 0 Å². The maximum atomic E-state index is 11.4. The van der Waals surface area contributed by atoms with Gasteiger partial charge in [-0.05, 0) is 12.8 Å². The van der Waals surface area contributed by atoms with Crippen LogP contribution in [-0.2, 0) is 42.9 Å². The van der Waals surface area contributed by atoms with E-state index in [1.54, 1.807) is 0 Å². The molecule has 0 saturated carbocycles. The van der Waals surface area contributed by atoms with Gasteiger partial charge in [0.15, 0.2) is 0 Å². The molecule has 9 nitrogen and oxygen atoms in total. The molecule has 136 valence electrons. The van der Waals surface area contributed by atoms with Gasteiger partial charge in [0.2, 0.25) is 12.4 Å². The van der Waals surface area contributed by atoms with Gasteiger partial charge in [-0.2, -0.15) is 0 Å².